The summed E-state index contributed by atoms with van der Waals surface area (Å²) in [7, 11) is 2.22. The Kier molecular flexibility index (Phi) is 5.84. The van der Waals surface area contributed by atoms with Gasteiger partial charge in [-0.05, 0) is 18.8 Å². The van der Waals surface area contributed by atoms with Crippen molar-refractivity contribution in [3.63, 3.8) is 0 Å². The summed E-state index contributed by atoms with van der Waals surface area (Å²) in [5.41, 5.74) is 1.02. The van der Waals surface area contributed by atoms with Crippen molar-refractivity contribution >= 4 is 13.0 Å². The van der Waals surface area contributed by atoms with Crippen molar-refractivity contribution in [2.45, 2.75) is 19.3 Å². The van der Waals surface area contributed by atoms with E-state index >= 15 is 0 Å². The van der Waals surface area contributed by atoms with Crippen LogP contribution in [-0.2, 0) is 16.1 Å². The number of likely N-dealkylation sites (N-methyl/N-ethyl adjacent to an activating group) is 1. The fourth-order valence-corrected chi connectivity index (χ4v) is 1.67. The van der Waals surface area contributed by atoms with Crippen LogP contribution in [0.1, 0.15) is 5.56 Å². The third-order valence-electron chi connectivity index (χ3n) is 2.61. The van der Waals surface area contributed by atoms with Crippen molar-refractivity contribution in [2.24, 2.45) is 0 Å². The van der Waals surface area contributed by atoms with Crippen LogP contribution in [0.3, 0.4) is 0 Å². The van der Waals surface area contributed by atoms with Gasteiger partial charge in [-0.25, -0.2) is 5.06 Å². The van der Waals surface area contributed by atoms with Crippen molar-refractivity contribution in [3.05, 3.63) is 35.9 Å². The Hall–Kier alpha value is -1.37. The van der Waals surface area contributed by atoms with Gasteiger partial charge < -0.3 is 10.3 Å². The Morgan fingerprint density at radius 2 is 2.11 bits per heavy atom. The molecule has 0 aliphatic rings. The topological polar surface area (TPSA) is 61.8 Å². The zero-order valence-electron chi connectivity index (χ0n) is 11.0. The van der Waals surface area contributed by atoms with Crippen LogP contribution in [0, 0.1) is 0 Å². The first-order chi connectivity index (χ1) is 8.54. The lowest BCUT2D eigenvalue weighted by atomic mass is 9.86. The van der Waals surface area contributed by atoms with Crippen LogP contribution < -0.4 is 5.23 Å². The molecule has 0 saturated carbocycles. The van der Waals surface area contributed by atoms with Crippen molar-refractivity contribution in [1.82, 2.24) is 10.3 Å². The number of rotatable bonds is 6. The minimum Gasteiger partial charge on any atom is -0.437 e. The highest BCUT2D eigenvalue weighted by Gasteiger charge is 2.24. The second-order valence-corrected chi connectivity index (χ2v) is 4.10. The number of carbonyl (C=O) groups is 1. The number of hydrogen-bond donors (Lipinski definition) is 2. The van der Waals surface area contributed by atoms with Gasteiger partial charge in [0.25, 0.3) is 5.91 Å². The molecule has 18 heavy (non-hydrogen) atoms. The summed E-state index contributed by atoms with van der Waals surface area (Å²) in [5, 5.41) is 13.4. The molecule has 0 aliphatic heterocycles. The van der Waals surface area contributed by atoms with E-state index in [1.165, 1.54) is 7.11 Å². The highest BCUT2D eigenvalue weighted by Crippen LogP contribution is 2.05. The number of benzene rings is 1. The summed E-state index contributed by atoms with van der Waals surface area (Å²) >= 11 is 0. The van der Waals surface area contributed by atoms with Gasteiger partial charge in [-0.3, -0.25) is 9.63 Å². The molecule has 0 bridgehead atoms. The van der Waals surface area contributed by atoms with E-state index in [0.717, 1.165) is 10.6 Å². The molecular formula is C12H19BN2O3. The summed E-state index contributed by atoms with van der Waals surface area (Å²) in [6.45, 7) is 1.58. The maximum absolute atomic E-state index is 12.0. The molecule has 0 radical (unpaired) electrons. The summed E-state index contributed by atoms with van der Waals surface area (Å²) < 4.78 is 0. The lowest BCUT2D eigenvalue weighted by Gasteiger charge is -2.23. The van der Waals surface area contributed by atoms with E-state index in [1.54, 1.807) is 13.9 Å². The Labute approximate surface area is 108 Å². The summed E-state index contributed by atoms with van der Waals surface area (Å²) in [5.74, 6) is -0.220. The number of nitrogens with one attached hydrogen (secondary N) is 1. The van der Waals surface area contributed by atoms with Crippen LogP contribution in [0.2, 0.25) is 6.82 Å². The molecule has 0 heterocycles. The standard InChI is InChI=1S/C12H19BN2O3/c1-13(17)14-11(12(16)15(2)18-3)9-10-7-5-4-6-8-10/h4-8,11,14,17H,9H2,1-3H3/t11-/m0/s1. The lowest BCUT2D eigenvalue weighted by Crippen LogP contribution is -2.50. The van der Waals surface area contributed by atoms with Crippen molar-refractivity contribution in [1.29, 1.82) is 0 Å². The second kappa shape index (κ2) is 7.15. The summed E-state index contributed by atoms with van der Waals surface area (Å²) in [6, 6.07) is 9.12. The van der Waals surface area contributed by atoms with E-state index in [9.17, 15) is 9.82 Å². The molecule has 5 nitrogen and oxygen atoms in total. The van der Waals surface area contributed by atoms with Crippen molar-refractivity contribution in [3.8, 4) is 0 Å². The number of amides is 1. The molecule has 1 rings (SSSR count). The fraction of sp³-hybridized carbons (Fsp3) is 0.417. The van der Waals surface area contributed by atoms with Crippen LogP contribution in [0.15, 0.2) is 30.3 Å². The van der Waals surface area contributed by atoms with Gasteiger partial charge >= 0.3 is 7.05 Å². The largest absolute Gasteiger partial charge is 0.437 e. The molecule has 6 heteroatoms. The Morgan fingerprint density at radius 1 is 1.50 bits per heavy atom. The SMILES string of the molecule is CON(C)C(=O)[C@H](Cc1ccccc1)NB(C)O. The first-order valence-electron chi connectivity index (χ1n) is 5.84. The van der Waals surface area contributed by atoms with Gasteiger partial charge in [0, 0.05) is 7.05 Å². The van der Waals surface area contributed by atoms with Gasteiger partial charge in [0.15, 0.2) is 0 Å². The molecule has 1 aromatic rings. The molecule has 98 valence electrons. The van der Waals surface area contributed by atoms with Crippen LogP contribution >= 0.6 is 0 Å². The minimum atomic E-state index is -0.757. The quantitative estimate of drug-likeness (QED) is 0.563. The highest BCUT2D eigenvalue weighted by atomic mass is 16.7. The van der Waals surface area contributed by atoms with Gasteiger partial charge in [0.05, 0.1) is 13.2 Å². The third kappa shape index (κ3) is 4.48. The van der Waals surface area contributed by atoms with Crippen LogP contribution in [-0.4, -0.2) is 43.2 Å². The predicted molar refractivity (Wildman–Crippen MR) is 70.7 cm³/mol. The van der Waals surface area contributed by atoms with Crippen molar-refractivity contribution < 1.29 is 14.7 Å². The van der Waals surface area contributed by atoms with E-state index in [-0.39, 0.29) is 5.91 Å². The molecule has 0 aliphatic carbocycles. The predicted octanol–water partition coefficient (Wildman–Crippen LogP) is 0.317. The molecule has 1 atom stereocenters. The molecule has 0 aromatic heterocycles. The number of hydrogen-bond acceptors (Lipinski definition) is 4. The highest BCUT2D eigenvalue weighted by molar-refractivity contribution is 6.46. The van der Waals surface area contributed by atoms with Crippen LogP contribution in [0.25, 0.3) is 0 Å². The average molecular weight is 250 g/mol. The molecule has 0 unspecified atom stereocenters. The van der Waals surface area contributed by atoms with Crippen molar-refractivity contribution in [2.75, 3.05) is 14.2 Å². The number of carbonyl (C=O) groups excluding carboxylic acids is 1. The number of hydroxylamine groups is 2. The summed E-state index contributed by atoms with van der Waals surface area (Å²) in [6.07, 6.45) is 0.498. The molecule has 1 amide bonds. The normalized spacial score (nSPS) is 12.0. The van der Waals surface area contributed by atoms with E-state index in [1.807, 2.05) is 30.3 Å². The average Bonchev–Trinajstić information content (AvgIpc) is 2.37. The third-order valence-corrected chi connectivity index (χ3v) is 2.61. The maximum atomic E-state index is 12.0. The van der Waals surface area contributed by atoms with Crippen LogP contribution in [0.4, 0.5) is 0 Å². The fourth-order valence-electron chi connectivity index (χ4n) is 1.67. The number of nitrogens with zero attached hydrogens (tertiary/aromatic N) is 1. The Bertz CT molecular complexity index is 373. The van der Waals surface area contributed by atoms with E-state index < -0.39 is 13.1 Å². The van der Waals surface area contributed by atoms with Gasteiger partial charge in [-0.1, -0.05) is 30.3 Å². The van der Waals surface area contributed by atoms with E-state index in [2.05, 4.69) is 5.23 Å². The molecule has 0 fully saturated rings. The van der Waals surface area contributed by atoms with Gasteiger partial charge in [0.2, 0.25) is 0 Å². The first kappa shape index (κ1) is 14.7. The Balaban J connectivity index is 2.75. The zero-order valence-corrected chi connectivity index (χ0v) is 11.0. The molecule has 1 aromatic carbocycles. The van der Waals surface area contributed by atoms with Gasteiger partial charge in [-0.2, -0.15) is 0 Å². The Morgan fingerprint density at radius 3 is 2.61 bits per heavy atom. The molecule has 0 spiro atoms. The zero-order chi connectivity index (χ0) is 13.5. The summed E-state index contributed by atoms with van der Waals surface area (Å²) in [4.78, 5) is 16.9. The second-order valence-electron chi connectivity index (χ2n) is 4.10. The smallest absolute Gasteiger partial charge is 0.374 e. The lowest BCUT2D eigenvalue weighted by molar-refractivity contribution is -0.170. The first-order valence-corrected chi connectivity index (χ1v) is 5.84. The van der Waals surface area contributed by atoms with Crippen LogP contribution in [0.5, 0.6) is 0 Å². The maximum Gasteiger partial charge on any atom is 0.374 e. The van der Waals surface area contributed by atoms with Gasteiger partial charge in [0.1, 0.15) is 0 Å². The minimum absolute atomic E-state index is 0.220. The van der Waals surface area contributed by atoms with Gasteiger partial charge in [-0.15, -0.1) is 0 Å². The molecule has 0 saturated heterocycles. The molecule has 2 N–H and O–H groups in total. The molecular weight excluding hydrogens is 231 g/mol. The monoisotopic (exact) mass is 250 g/mol. The van der Waals surface area contributed by atoms with E-state index in [4.69, 9.17) is 4.84 Å². The van der Waals surface area contributed by atoms with E-state index in [0.29, 0.717) is 6.42 Å².